The Morgan fingerprint density at radius 2 is 2.05 bits per heavy atom. The summed E-state index contributed by atoms with van der Waals surface area (Å²) in [5.41, 5.74) is 6.25. The molecule has 0 amide bonds. The zero-order valence-electron chi connectivity index (χ0n) is 11.7. The van der Waals surface area contributed by atoms with Crippen molar-refractivity contribution in [2.45, 2.75) is 44.5 Å². The monoisotopic (exact) mass is 325 g/mol. The van der Waals surface area contributed by atoms with Gasteiger partial charge in [-0.15, -0.1) is 0 Å². The molecule has 1 aromatic carbocycles. The zero-order valence-corrected chi connectivity index (χ0v) is 12.4. The Kier molecular flexibility index (Phi) is 6.77. The molecule has 0 bridgehead atoms. The number of nitrogens with two attached hydrogens (primary N) is 1. The Morgan fingerprint density at radius 1 is 1.38 bits per heavy atom. The van der Waals surface area contributed by atoms with Gasteiger partial charge in [0.1, 0.15) is 5.75 Å². The van der Waals surface area contributed by atoms with Crippen molar-refractivity contribution in [3.63, 3.8) is 0 Å². The maximum Gasteiger partial charge on any atom is 0.415 e. The van der Waals surface area contributed by atoms with Crippen LogP contribution in [0, 0.1) is 0 Å². The predicted molar refractivity (Wildman–Crippen MR) is 75.6 cm³/mol. The molecule has 0 spiro atoms. The quantitative estimate of drug-likeness (QED) is 0.756. The highest BCUT2D eigenvalue weighted by atomic mass is 35.5. The highest BCUT2D eigenvalue weighted by Crippen LogP contribution is 2.24. The maximum atomic E-state index is 12.2. The lowest BCUT2D eigenvalue weighted by atomic mass is 10.1. The van der Waals surface area contributed by atoms with E-state index >= 15 is 0 Å². The molecule has 0 radical (unpaired) electrons. The van der Waals surface area contributed by atoms with E-state index in [2.05, 4.69) is 0 Å². The maximum absolute atomic E-state index is 12.2. The van der Waals surface area contributed by atoms with Gasteiger partial charge in [-0.05, 0) is 43.0 Å². The van der Waals surface area contributed by atoms with Crippen molar-refractivity contribution in [2.24, 2.45) is 5.73 Å². The lowest BCUT2D eigenvalue weighted by Gasteiger charge is -2.21. The summed E-state index contributed by atoms with van der Waals surface area (Å²) in [6, 6.07) is 3.87. The minimum absolute atomic E-state index is 0.0227. The SMILES string of the molecule is CCc1cc(OCCCC(N)C(O)C(F)(F)F)ccc1Cl. The zero-order chi connectivity index (χ0) is 16.0. The number of benzene rings is 1. The van der Waals surface area contributed by atoms with Crippen LogP contribution in [-0.4, -0.2) is 30.0 Å². The van der Waals surface area contributed by atoms with Crippen LogP contribution in [0.25, 0.3) is 0 Å². The Bertz CT molecular complexity index is 454. The van der Waals surface area contributed by atoms with E-state index in [9.17, 15) is 13.2 Å². The largest absolute Gasteiger partial charge is 0.494 e. The number of aryl methyl sites for hydroxylation is 1. The number of aliphatic hydroxyl groups excluding tert-OH is 1. The highest BCUT2D eigenvalue weighted by Gasteiger charge is 2.41. The number of hydrogen-bond donors (Lipinski definition) is 2. The second-order valence-corrected chi connectivity index (χ2v) is 5.15. The van der Waals surface area contributed by atoms with Gasteiger partial charge in [0.05, 0.1) is 6.61 Å². The molecule has 3 nitrogen and oxygen atoms in total. The van der Waals surface area contributed by atoms with Crippen molar-refractivity contribution in [1.29, 1.82) is 0 Å². The first-order valence-electron chi connectivity index (χ1n) is 6.67. The Hall–Kier alpha value is -0.980. The van der Waals surface area contributed by atoms with E-state index in [0.717, 1.165) is 12.0 Å². The summed E-state index contributed by atoms with van der Waals surface area (Å²) in [5.74, 6) is 0.612. The van der Waals surface area contributed by atoms with Crippen LogP contribution in [-0.2, 0) is 6.42 Å². The molecule has 0 saturated heterocycles. The Balaban J connectivity index is 2.38. The van der Waals surface area contributed by atoms with E-state index in [1.807, 2.05) is 6.92 Å². The van der Waals surface area contributed by atoms with Gasteiger partial charge < -0.3 is 15.6 Å². The van der Waals surface area contributed by atoms with Gasteiger partial charge in [-0.2, -0.15) is 13.2 Å². The second-order valence-electron chi connectivity index (χ2n) is 4.75. The Labute approximate surface area is 126 Å². The summed E-state index contributed by atoms with van der Waals surface area (Å²) in [4.78, 5) is 0. The fourth-order valence-corrected chi connectivity index (χ4v) is 2.07. The first-order chi connectivity index (χ1) is 9.75. The van der Waals surface area contributed by atoms with Crippen LogP contribution >= 0.6 is 11.6 Å². The van der Waals surface area contributed by atoms with Crippen molar-refractivity contribution in [2.75, 3.05) is 6.61 Å². The van der Waals surface area contributed by atoms with Gasteiger partial charge in [0.15, 0.2) is 6.10 Å². The van der Waals surface area contributed by atoms with Crippen LogP contribution in [0.5, 0.6) is 5.75 Å². The molecule has 0 aromatic heterocycles. The normalized spacial score (nSPS) is 14.8. The van der Waals surface area contributed by atoms with E-state index in [4.69, 9.17) is 27.2 Å². The number of halogens is 4. The number of rotatable bonds is 7. The minimum atomic E-state index is -4.69. The van der Waals surface area contributed by atoms with Crippen LogP contribution in [0.15, 0.2) is 18.2 Å². The smallest absolute Gasteiger partial charge is 0.415 e. The topological polar surface area (TPSA) is 55.5 Å². The van der Waals surface area contributed by atoms with Crippen molar-refractivity contribution in [1.82, 2.24) is 0 Å². The molecule has 7 heteroatoms. The minimum Gasteiger partial charge on any atom is -0.494 e. The standard InChI is InChI=1S/C14H19ClF3NO2/c1-2-9-8-10(5-6-11(9)15)21-7-3-4-12(19)13(20)14(16,17)18/h5-6,8,12-13,20H,2-4,7,19H2,1H3. The van der Waals surface area contributed by atoms with Gasteiger partial charge in [0.25, 0.3) is 0 Å². The van der Waals surface area contributed by atoms with Crippen LogP contribution in [0.1, 0.15) is 25.3 Å². The summed E-state index contributed by atoms with van der Waals surface area (Å²) in [6.07, 6.45) is -6.09. The lowest BCUT2D eigenvalue weighted by molar-refractivity contribution is -0.210. The molecule has 0 aliphatic rings. The third kappa shape index (κ3) is 5.73. The number of alkyl halides is 3. The van der Waals surface area contributed by atoms with Crippen molar-refractivity contribution in [3.05, 3.63) is 28.8 Å². The van der Waals surface area contributed by atoms with Gasteiger partial charge in [-0.1, -0.05) is 18.5 Å². The average Bonchev–Trinajstić information content (AvgIpc) is 2.43. The average molecular weight is 326 g/mol. The third-order valence-electron chi connectivity index (χ3n) is 3.09. The van der Waals surface area contributed by atoms with Crippen LogP contribution in [0.2, 0.25) is 5.02 Å². The molecular formula is C14H19ClF3NO2. The summed E-state index contributed by atoms with van der Waals surface area (Å²) in [7, 11) is 0. The van der Waals surface area contributed by atoms with E-state index < -0.39 is 18.3 Å². The van der Waals surface area contributed by atoms with E-state index in [0.29, 0.717) is 17.2 Å². The number of hydrogen-bond acceptors (Lipinski definition) is 3. The molecule has 0 heterocycles. The van der Waals surface area contributed by atoms with Crippen LogP contribution in [0.3, 0.4) is 0 Å². The molecular weight excluding hydrogens is 307 g/mol. The van der Waals surface area contributed by atoms with Crippen molar-refractivity contribution >= 4 is 11.6 Å². The highest BCUT2D eigenvalue weighted by molar-refractivity contribution is 6.31. The Morgan fingerprint density at radius 3 is 2.62 bits per heavy atom. The van der Waals surface area contributed by atoms with Gasteiger partial charge >= 0.3 is 6.18 Å². The number of aliphatic hydroxyl groups is 1. The van der Waals surface area contributed by atoms with Crippen molar-refractivity contribution < 1.29 is 23.0 Å². The summed E-state index contributed by atoms with van der Waals surface area (Å²) >= 11 is 5.97. The molecule has 0 saturated carbocycles. The third-order valence-corrected chi connectivity index (χ3v) is 3.46. The fourth-order valence-electron chi connectivity index (χ4n) is 1.82. The molecule has 2 unspecified atom stereocenters. The molecule has 3 N–H and O–H groups in total. The molecule has 21 heavy (non-hydrogen) atoms. The van der Waals surface area contributed by atoms with Gasteiger partial charge in [0.2, 0.25) is 0 Å². The molecule has 0 aliphatic heterocycles. The molecule has 1 rings (SSSR count). The van der Waals surface area contributed by atoms with Gasteiger partial charge in [0, 0.05) is 11.1 Å². The van der Waals surface area contributed by atoms with Crippen LogP contribution in [0.4, 0.5) is 13.2 Å². The molecule has 0 fully saturated rings. The summed E-state index contributed by atoms with van der Waals surface area (Å²) in [6.45, 7) is 2.19. The molecule has 120 valence electrons. The van der Waals surface area contributed by atoms with Gasteiger partial charge in [-0.25, -0.2) is 0 Å². The van der Waals surface area contributed by atoms with Crippen LogP contribution < -0.4 is 10.5 Å². The van der Waals surface area contributed by atoms with E-state index in [1.165, 1.54) is 0 Å². The fraction of sp³-hybridized carbons (Fsp3) is 0.571. The van der Waals surface area contributed by atoms with Gasteiger partial charge in [-0.3, -0.25) is 0 Å². The summed E-state index contributed by atoms with van der Waals surface area (Å²) < 4.78 is 42.1. The lowest BCUT2D eigenvalue weighted by Crippen LogP contribution is -2.45. The number of ether oxygens (including phenoxy) is 1. The predicted octanol–water partition coefficient (Wildman–Crippen LogP) is 3.31. The molecule has 1 aromatic rings. The van der Waals surface area contributed by atoms with E-state index in [1.54, 1.807) is 18.2 Å². The van der Waals surface area contributed by atoms with Crippen molar-refractivity contribution in [3.8, 4) is 5.75 Å². The second kappa shape index (κ2) is 7.87. The first-order valence-corrected chi connectivity index (χ1v) is 7.05. The molecule has 2 atom stereocenters. The first kappa shape index (κ1) is 18.1. The molecule has 0 aliphatic carbocycles. The summed E-state index contributed by atoms with van der Waals surface area (Å²) in [5, 5.41) is 9.62. The van der Waals surface area contributed by atoms with E-state index in [-0.39, 0.29) is 13.0 Å².